The minimum atomic E-state index is -1.26. The van der Waals surface area contributed by atoms with Gasteiger partial charge >= 0.3 is 11.9 Å². The second-order valence-electron chi connectivity index (χ2n) is 7.18. The maximum atomic E-state index is 9.55. The number of hydrogen-bond acceptors (Lipinski definition) is 3. The number of carbonyl (C=O) groups is 2. The lowest BCUT2D eigenvalue weighted by Gasteiger charge is -2.20. The summed E-state index contributed by atoms with van der Waals surface area (Å²) in [5, 5.41) is 24.7. The standard InChI is InChI=1S/C19H35N.C4H4O4/c1-5-9-11-17(7-3)15-19(13-14-20)16-18(8-4)12-10-6-2;5-3(6)1-2-4(7)8/h13,17-18H,5-12,15-16H2,1-4H3;1-2H,(H,5,6)(H,7,8)/b;2-1-. The molecule has 0 heterocycles. The highest BCUT2D eigenvalue weighted by atomic mass is 16.4. The van der Waals surface area contributed by atoms with E-state index in [1.165, 1.54) is 56.9 Å². The number of carboxylic acids is 2. The Morgan fingerprint density at radius 1 is 0.857 bits per heavy atom. The molecule has 0 aromatic rings. The largest absolute Gasteiger partial charge is 0.478 e. The van der Waals surface area contributed by atoms with E-state index in [0.29, 0.717) is 12.2 Å². The molecule has 0 aliphatic carbocycles. The first kappa shape index (κ1) is 28.1. The van der Waals surface area contributed by atoms with Crippen molar-refractivity contribution in [2.75, 3.05) is 0 Å². The molecule has 0 aliphatic heterocycles. The molecule has 0 aromatic heterocycles. The molecule has 0 amide bonds. The van der Waals surface area contributed by atoms with Gasteiger partial charge in [0.25, 0.3) is 0 Å². The third-order valence-corrected chi connectivity index (χ3v) is 4.83. The van der Waals surface area contributed by atoms with E-state index in [-0.39, 0.29) is 0 Å². The molecule has 5 heteroatoms. The topological polar surface area (TPSA) is 98.4 Å². The molecule has 5 nitrogen and oxygen atoms in total. The lowest BCUT2D eigenvalue weighted by molar-refractivity contribution is -0.134. The zero-order valence-corrected chi connectivity index (χ0v) is 18.1. The predicted molar refractivity (Wildman–Crippen MR) is 114 cm³/mol. The Morgan fingerprint density at radius 3 is 1.50 bits per heavy atom. The second-order valence-corrected chi connectivity index (χ2v) is 7.18. The fourth-order valence-corrected chi connectivity index (χ4v) is 3.06. The Hall–Kier alpha value is -2.09. The minimum Gasteiger partial charge on any atom is -0.478 e. The van der Waals surface area contributed by atoms with E-state index in [1.807, 2.05) is 6.08 Å². The summed E-state index contributed by atoms with van der Waals surface area (Å²) in [7, 11) is 0. The van der Waals surface area contributed by atoms with Crippen LogP contribution in [-0.4, -0.2) is 22.2 Å². The van der Waals surface area contributed by atoms with E-state index >= 15 is 0 Å². The summed E-state index contributed by atoms with van der Waals surface area (Å²) in [6.07, 6.45) is 15.6. The Labute approximate surface area is 171 Å². The van der Waals surface area contributed by atoms with Crippen LogP contribution in [0.25, 0.3) is 0 Å². The molecule has 0 aliphatic rings. The Balaban J connectivity index is 0. The lowest BCUT2D eigenvalue weighted by Crippen LogP contribution is -2.06. The monoisotopic (exact) mass is 393 g/mol. The van der Waals surface area contributed by atoms with Crippen LogP contribution in [0.5, 0.6) is 0 Å². The molecular formula is C23H39NO4. The molecule has 0 rings (SSSR count). The summed E-state index contributed by atoms with van der Waals surface area (Å²) in [4.78, 5) is 19.1. The van der Waals surface area contributed by atoms with Gasteiger partial charge in [0, 0.05) is 18.2 Å². The van der Waals surface area contributed by atoms with Gasteiger partial charge in [-0.25, -0.2) is 9.59 Å². The highest BCUT2D eigenvalue weighted by Crippen LogP contribution is 2.28. The first-order chi connectivity index (χ1) is 13.3. The van der Waals surface area contributed by atoms with Gasteiger partial charge < -0.3 is 10.2 Å². The zero-order chi connectivity index (χ0) is 21.8. The maximum Gasteiger partial charge on any atom is 0.328 e. The summed E-state index contributed by atoms with van der Waals surface area (Å²) in [5.74, 6) is -0.962. The fraction of sp³-hybridized carbons (Fsp3) is 0.696. The summed E-state index contributed by atoms with van der Waals surface area (Å²) in [5.41, 5.74) is 1.40. The van der Waals surface area contributed by atoms with Crippen LogP contribution in [-0.2, 0) is 9.59 Å². The quantitative estimate of drug-likeness (QED) is 0.264. The highest BCUT2D eigenvalue weighted by molar-refractivity contribution is 5.89. The van der Waals surface area contributed by atoms with Gasteiger partial charge in [0.15, 0.2) is 0 Å². The van der Waals surface area contributed by atoms with Crippen molar-refractivity contribution in [3.8, 4) is 6.07 Å². The first-order valence-corrected chi connectivity index (χ1v) is 10.6. The smallest absolute Gasteiger partial charge is 0.328 e. The van der Waals surface area contributed by atoms with Crippen LogP contribution in [0, 0.1) is 23.2 Å². The molecule has 2 atom stereocenters. The molecule has 2 N–H and O–H groups in total. The fourth-order valence-electron chi connectivity index (χ4n) is 3.06. The lowest BCUT2D eigenvalue weighted by atomic mass is 9.85. The molecule has 0 saturated heterocycles. The van der Waals surface area contributed by atoms with Crippen molar-refractivity contribution in [3.63, 3.8) is 0 Å². The number of allylic oxidation sites excluding steroid dienone is 2. The van der Waals surface area contributed by atoms with Crippen LogP contribution in [0.2, 0.25) is 0 Å². The SMILES string of the molecule is CCCCC(CC)CC(=CC#N)CC(CC)CCCC.O=C(O)/C=C\C(=O)O. The summed E-state index contributed by atoms with van der Waals surface area (Å²) >= 11 is 0. The van der Waals surface area contributed by atoms with Gasteiger partial charge in [0.1, 0.15) is 0 Å². The van der Waals surface area contributed by atoms with Crippen molar-refractivity contribution < 1.29 is 19.8 Å². The van der Waals surface area contributed by atoms with Crippen LogP contribution in [0.4, 0.5) is 0 Å². The molecule has 0 radical (unpaired) electrons. The highest BCUT2D eigenvalue weighted by Gasteiger charge is 2.13. The van der Waals surface area contributed by atoms with E-state index in [9.17, 15) is 9.59 Å². The van der Waals surface area contributed by atoms with Crippen molar-refractivity contribution in [1.29, 1.82) is 5.26 Å². The molecule has 2 unspecified atom stereocenters. The number of aliphatic carboxylic acids is 2. The van der Waals surface area contributed by atoms with Crippen molar-refractivity contribution in [2.24, 2.45) is 11.8 Å². The van der Waals surface area contributed by atoms with Crippen molar-refractivity contribution in [2.45, 2.75) is 91.9 Å². The molecule has 0 bridgehead atoms. The van der Waals surface area contributed by atoms with E-state index in [0.717, 1.165) is 24.7 Å². The molecule has 0 fully saturated rings. The second kappa shape index (κ2) is 19.7. The van der Waals surface area contributed by atoms with Gasteiger partial charge in [-0.15, -0.1) is 0 Å². The van der Waals surface area contributed by atoms with E-state index in [4.69, 9.17) is 15.5 Å². The molecule has 0 spiro atoms. The van der Waals surface area contributed by atoms with E-state index in [1.54, 1.807) is 0 Å². The molecule has 28 heavy (non-hydrogen) atoms. The van der Waals surface area contributed by atoms with Gasteiger partial charge in [-0.2, -0.15) is 5.26 Å². The van der Waals surface area contributed by atoms with Gasteiger partial charge in [-0.1, -0.05) is 84.6 Å². The summed E-state index contributed by atoms with van der Waals surface area (Å²) < 4.78 is 0. The van der Waals surface area contributed by atoms with Crippen molar-refractivity contribution >= 4 is 11.9 Å². The Bertz CT molecular complexity index is 481. The molecule has 0 aromatic carbocycles. The number of carboxylic acid groups (broad SMARTS) is 2. The predicted octanol–water partition coefficient (Wildman–Crippen LogP) is 6.36. The van der Waals surface area contributed by atoms with Crippen molar-refractivity contribution in [3.05, 3.63) is 23.8 Å². The zero-order valence-electron chi connectivity index (χ0n) is 18.1. The average molecular weight is 394 g/mol. The normalized spacial score (nSPS) is 12.4. The summed E-state index contributed by atoms with van der Waals surface area (Å²) in [6.45, 7) is 9.10. The Kier molecular flexibility index (Phi) is 19.8. The number of hydrogen-bond donors (Lipinski definition) is 2. The van der Waals surface area contributed by atoms with Crippen LogP contribution in [0.1, 0.15) is 91.9 Å². The molecule has 160 valence electrons. The van der Waals surface area contributed by atoms with Crippen LogP contribution in [0.3, 0.4) is 0 Å². The van der Waals surface area contributed by atoms with Crippen molar-refractivity contribution in [1.82, 2.24) is 0 Å². The maximum absolute atomic E-state index is 9.55. The number of nitrogens with zero attached hydrogens (tertiary/aromatic N) is 1. The summed E-state index contributed by atoms with van der Waals surface area (Å²) in [6, 6.07) is 2.28. The number of nitriles is 1. The van der Waals surface area contributed by atoms with Gasteiger partial charge in [0.2, 0.25) is 0 Å². The number of unbranched alkanes of at least 4 members (excludes halogenated alkanes) is 2. The van der Waals surface area contributed by atoms with Gasteiger partial charge in [0.05, 0.1) is 6.07 Å². The number of rotatable bonds is 14. The molecular weight excluding hydrogens is 354 g/mol. The first-order valence-electron chi connectivity index (χ1n) is 10.6. The van der Waals surface area contributed by atoms with Gasteiger partial charge in [-0.05, 0) is 24.7 Å². The average Bonchev–Trinajstić information content (AvgIpc) is 2.67. The third kappa shape index (κ3) is 18.7. The van der Waals surface area contributed by atoms with Crippen LogP contribution < -0.4 is 0 Å². The molecule has 0 saturated carbocycles. The van der Waals surface area contributed by atoms with E-state index in [2.05, 4.69) is 33.8 Å². The Morgan fingerprint density at radius 2 is 1.25 bits per heavy atom. The minimum absolute atomic E-state index is 0.558. The third-order valence-electron chi connectivity index (χ3n) is 4.83. The van der Waals surface area contributed by atoms with Crippen LogP contribution >= 0.6 is 0 Å². The van der Waals surface area contributed by atoms with Crippen LogP contribution in [0.15, 0.2) is 23.8 Å². The van der Waals surface area contributed by atoms with Gasteiger partial charge in [-0.3, -0.25) is 0 Å². The van der Waals surface area contributed by atoms with E-state index < -0.39 is 11.9 Å².